The highest BCUT2D eigenvalue weighted by molar-refractivity contribution is 7.92. The highest BCUT2D eigenvalue weighted by atomic mass is 35.5. The highest BCUT2D eigenvalue weighted by Crippen LogP contribution is 2.35. The Bertz CT molecular complexity index is 1390. The maximum absolute atomic E-state index is 13.5. The van der Waals surface area contributed by atoms with Crippen LogP contribution in [0.3, 0.4) is 0 Å². The number of amides is 1. The van der Waals surface area contributed by atoms with Gasteiger partial charge in [-0.15, -0.1) is 0 Å². The van der Waals surface area contributed by atoms with E-state index in [9.17, 15) is 17.6 Å². The maximum atomic E-state index is 13.5. The van der Waals surface area contributed by atoms with Crippen LogP contribution < -0.4 is 20.5 Å². The molecule has 0 atom stereocenters. The van der Waals surface area contributed by atoms with Crippen molar-refractivity contribution in [1.29, 1.82) is 0 Å². The maximum Gasteiger partial charge on any atom is 0.262 e. The second-order valence-corrected chi connectivity index (χ2v) is 11.5. The molecule has 10 heteroatoms. The number of nitrogens with one attached hydrogen (secondary N) is 2. The topological polar surface area (TPSA) is 111 Å². The third kappa shape index (κ3) is 7.24. The number of unbranched alkanes of at least 4 members (excludes halogenated alkanes) is 1. The molecule has 3 aromatic carbocycles. The number of anilines is 1. The molecule has 1 heterocycles. The van der Waals surface area contributed by atoms with Crippen molar-refractivity contribution in [3.63, 3.8) is 0 Å². The van der Waals surface area contributed by atoms with Gasteiger partial charge in [-0.05, 0) is 98.8 Å². The summed E-state index contributed by atoms with van der Waals surface area (Å²) in [5.41, 5.74) is 6.44. The molecule has 0 unspecified atom stereocenters. The first-order valence-electron chi connectivity index (χ1n) is 12.6. The first-order chi connectivity index (χ1) is 18.2. The number of nitrogens with two attached hydrogens (primary N) is 1. The Labute approximate surface area is 227 Å². The van der Waals surface area contributed by atoms with E-state index in [1.54, 1.807) is 30.3 Å². The Morgan fingerprint density at radius 1 is 1.05 bits per heavy atom. The van der Waals surface area contributed by atoms with Gasteiger partial charge in [-0.3, -0.25) is 9.52 Å². The average molecular weight is 560 g/mol. The summed E-state index contributed by atoms with van der Waals surface area (Å²) in [6, 6.07) is 14.5. The minimum absolute atomic E-state index is 0.0523. The molecule has 38 heavy (non-hydrogen) atoms. The van der Waals surface area contributed by atoms with Gasteiger partial charge in [0.1, 0.15) is 11.6 Å². The number of ether oxygens (including phenoxy) is 1. The summed E-state index contributed by atoms with van der Waals surface area (Å²) in [4.78, 5) is 11.9. The second kappa shape index (κ2) is 12.6. The molecule has 1 saturated heterocycles. The SMILES string of the molecule is NC(=O)c1ccc(S(=O)(=O)Nc2ccccc2Oc2ccc(F)cc2Cl)c(CCCCC2CCNCC2)c1. The standard InChI is InChI=1S/C28H31ClFN3O4S/c29-23-18-22(30)10-11-25(23)37-26-8-4-3-7-24(26)33-38(35,36)27-12-9-21(28(31)34)17-20(27)6-2-1-5-19-13-15-32-16-14-19/h3-4,7-12,17-19,32-33H,1-2,5-6,13-16H2,(H2,31,34). The minimum Gasteiger partial charge on any atom is -0.454 e. The fraction of sp³-hybridized carbons (Fsp3) is 0.321. The smallest absolute Gasteiger partial charge is 0.262 e. The molecular weight excluding hydrogens is 529 g/mol. The van der Waals surface area contributed by atoms with Gasteiger partial charge >= 0.3 is 0 Å². The molecular formula is C28H31ClFN3O4S. The molecule has 1 fully saturated rings. The Hall–Kier alpha value is -3.14. The number of para-hydroxylation sites is 2. The first-order valence-corrected chi connectivity index (χ1v) is 14.5. The molecule has 0 spiro atoms. The largest absolute Gasteiger partial charge is 0.454 e. The Balaban J connectivity index is 1.54. The van der Waals surface area contributed by atoms with Gasteiger partial charge in [-0.25, -0.2) is 12.8 Å². The lowest BCUT2D eigenvalue weighted by molar-refractivity contribution is 0.1000. The van der Waals surface area contributed by atoms with E-state index < -0.39 is 21.7 Å². The van der Waals surface area contributed by atoms with E-state index in [-0.39, 0.29) is 32.7 Å². The van der Waals surface area contributed by atoms with E-state index in [1.165, 1.54) is 24.3 Å². The van der Waals surface area contributed by atoms with Gasteiger partial charge in [-0.1, -0.05) is 36.6 Å². The lowest BCUT2D eigenvalue weighted by atomic mass is 9.91. The second-order valence-electron chi connectivity index (χ2n) is 9.40. The number of hydrogen-bond acceptors (Lipinski definition) is 5. The van der Waals surface area contributed by atoms with Crippen LogP contribution in [-0.2, 0) is 16.4 Å². The zero-order chi connectivity index (χ0) is 27.1. The van der Waals surface area contributed by atoms with Crippen molar-refractivity contribution >= 4 is 33.2 Å². The summed E-state index contributed by atoms with van der Waals surface area (Å²) in [6.45, 7) is 2.08. The zero-order valence-corrected chi connectivity index (χ0v) is 22.5. The molecule has 1 aliphatic heterocycles. The molecule has 1 aliphatic rings. The number of aryl methyl sites for hydroxylation is 1. The number of piperidine rings is 1. The summed E-state index contributed by atoms with van der Waals surface area (Å²) >= 11 is 6.09. The van der Waals surface area contributed by atoms with Crippen molar-refractivity contribution in [3.8, 4) is 11.5 Å². The van der Waals surface area contributed by atoms with Crippen LogP contribution in [0, 0.1) is 11.7 Å². The number of sulfonamides is 1. The van der Waals surface area contributed by atoms with Crippen molar-refractivity contribution < 1.29 is 22.3 Å². The van der Waals surface area contributed by atoms with Gasteiger partial charge in [0.2, 0.25) is 5.91 Å². The predicted octanol–water partition coefficient (Wildman–Crippen LogP) is 5.88. The fourth-order valence-electron chi connectivity index (χ4n) is 4.63. The number of halogens is 2. The zero-order valence-electron chi connectivity index (χ0n) is 20.9. The van der Waals surface area contributed by atoms with Crippen LogP contribution in [0.2, 0.25) is 5.02 Å². The number of rotatable bonds is 11. The van der Waals surface area contributed by atoms with E-state index >= 15 is 0 Å². The third-order valence-electron chi connectivity index (χ3n) is 6.65. The molecule has 1 amide bonds. The Kier molecular flexibility index (Phi) is 9.25. The monoisotopic (exact) mass is 559 g/mol. The number of hydrogen-bond donors (Lipinski definition) is 3. The van der Waals surface area contributed by atoms with Crippen LogP contribution in [0.25, 0.3) is 0 Å². The molecule has 0 radical (unpaired) electrons. The van der Waals surface area contributed by atoms with Crippen LogP contribution in [0.15, 0.2) is 65.6 Å². The lowest BCUT2D eigenvalue weighted by Gasteiger charge is -2.22. The van der Waals surface area contributed by atoms with Gasteiger partial charge in [0.05, 0.1) is 15.6 Å². The fourth-order valence-corrected chi connectivity index (χ4v) is 6.15. The Morgan fingerprint density at radius 2 is 1.82 bits per heavy atom. The van der Waals surface area contributed by atoms with Gasteiger partial charge in [0.25, 0.3) is 10.0 Å². The van der Waals surface area contributed by atoms with E-state index in [1.807, 2.05) is 0 Å². The summed E-state index contributed by atoms with van der Waals surface area (Å²) < 4.78 is 48.9. The number of carbonyl (C=O) groups is 1. The van der Waals surface area contributed by atoms with Crippen molar-refractivity contribution in [1.82, 2.24) is 5.32 Å². The number of carbonyl (C=O) groups excluding carboxylic acids is 1. The molecule has 7 nitrogen and oxygen atoms in total. The van der Waals surface area contributed by atoms with Crippen molar-refractivity contribution in [3.05, 3.63) is 82.6 Å². The van der Waals surface area contributed by atoms with Gasteiger partial charge in [0, 0.05) is 5.56 Å². The normalized spacial score (nSPS) is 14.3. The molecule has 0 bridgehead atoms. The highest BCUT2D eigenvalue weighted by Gasteiger charge is 2.22. The summed E-state index contributed by atoms with van der Waals surface area (Å²) in [7, 11) is -4.06. The van der Waals surface area contributed by atoms with Gasteiger partial charge in [0.15, 0.2) is 5.75 Å². The van der Waals surface area contributed by atoms with E-state index in [0.717, 1.165) is 51.3 Å². The van der Waals surface area contributed by atoms with Crippen LogP contribution >= 0.6 is 11.6 Å². The molecule has 202 valence electrons. The van der Waals surface area contributed by atoms with Crippen LogP contribution in [0.4, 0.5) is 10.1 Å². The average Bonchev–Trinajstić information content (AvgIpc) is 2.89. The Morgan fingerprint density at radius 3 is 2.55 bits per heavy atom. The molecule has 4 N–H and O–H groups in total. The van der Waals surface area contributed by atoms with E-state index in [4.69, 9.17) is 22.1 Å². The summed E-state index contributed by atoms with van der Waals surface area (Å²) in [5, 5.41) is 3.42. The van der Waals surface area contributed by atoms with Crippen LogP contribution in [0.1, 0.15) is 48.0 Å². The van der Waals surface area contributed by atoms with Crippen molar-refractivity contribution in [2.24, 2.45) is 11.7 Å². The minimum atomic E-state index is -4.06. The predicted molar refractivity (Wildman–Crippen MR) is 147 cm³/mol. The summed E-state index contributed by atoms with van der Waals surface area (Å²) in [5.74, 6) is -0.0715. The van der Waals surface area contributed by atoms with Crippen molar-refractivity contribution in [2.75, 3.05) is 17.8 Å². The molecule has 4 rings (SSSR count). The van der Waals surface area contributed by atoms with E-state index in [0.29, 0.717) is 17.9 Å². The number of primary amides is 1. The molecule has 0 saturated carbocycles. The third-order valence-corrected chi connectivity index (χ3v) is 8.41. The first kappa shape index (κ1) is 27.9. The quantitative estimate of drug-likeness (QED) is 0.254. The summed E-state index contributed by atoms with van der Waals surface area (Å²) in [6.07, 6.45) is 5.65. The van der Waals surface area contributed by atoms with Gasteiger partial charge in [-0.2, -0.15) is 0 Å². The van der Waals surface area contributed by atoms with Gasteiger partial charge < -0.3 is 15.8 Å². The van der Waals surface area contributed by atoms with Crippen molar-refractivity contribution in [2.45, 2.75) is 43.4 Å². The lowest BCUT2D eigenvalue weighted by Crippen LogP contribution is -2.27. The molecule has 0 aliphatic carbocycles. The van der Waals surface area contributed by atoms with E-state index in [2.05, 4.69) is 10.0 Å². The molecule has 0 aromatic heterocycles. The van der Waals surface area contributed by atoms with Crippen LogP contribution in [-0.4, -0.2) is 27.4 Å². The van der Waals surface area contributed by atoms with Crippen LogP contribution in [0.5, 0.6) is 11.5 Å². The number of benzene rings is 3. The molecule has 3 aromatic rings.